The Morgan fingerprint density at radius 1 is 1.41 bits per heavy atom. The van der Waals surface area contributed by atoms with Crippen LogP contribution in [0.3, 0.4) is 0 Å². The lowest BCUT2D eigenvalue weighted by Gasteiger charge is -2.13. The van der Waals surface area contributed by atoms with Crippen molar-refractivity contribution in [3.05, 3.63) is 39.9 Å². The molecule has 1 unspecified atom stereocenters. The zero-order valence-corrected chi connectivity index (χ0v) is 13.4. The molecule has 1 aromatic rings. The lowest BCUT2D eigenvalue weighted by molar-refractivity contribution is -0.159. The second kappa shape index (κ2) is 8.95. The van der Waals surface area contributed by atoms with Gasteiger partial charge in [0.25, 0.3) is 17.4 Å². The van der Waals surface area contributed by atoms with Crippen LogP contribution in [0.4, 0.5) is 4.39 Å². The van der Waals surface area contributed by atoms with Gasteiger partial charge in [0.05, 0.1) is 6.54 Å². The van der Waals surface area contributed by atoms with Crippen molar-refractivity contribution in [2.45, 2.75) is 5.63 Å². The first-order valence-electron chi connectivity index (χ1n) is 6.00. The number of hydrogen-bond acceptors (Lipinski definition) is 3. The highest BCUT2D eigenvalue weighted by atomic mass is 35.5. The van der Waals surface area contributed by atoms with Crippen molar-refractivity contribution in [3.8, 4) is 0 Å². The van der Waals surface area contributed by atoms with Crippen LogP contribution >= 0.6 is 34.8 Å². The first-order chi connectivity index (χ1) is 10.3. The minimum atomic E-state index is -2.17. The number of hydrogen-bond donors (Lipinski definition) is 2. The third-order valence-electron chi connectivity index (χ3n) is 2.44. The number of rotatable bonds is 6. The molecule has 1 rings (SSSR count). The van der Waals surface area contributed by atoms with Crippen LogP contribution in [0.5, 0.6) is 0 Å². The molecule has 0 spiro atoms. The monoisotopic (exact) mass is 368 g/mol. The van der Waals surface area contributed by atoms with E-state index in [2.05, 4.69) is 5.32 Å². The largest absolute Gasteiger partial charge is 0.351 e. The van der Waals surface area contributed by atoms with Crippen LogP contribution in [0.15, 0.2) is 24.3 Å². The van der Waals surface area contributed by atoms with Gasteiger partial charge in [-0.15, -0.1) is 0 Å². The average Bonchev–Trinajstić information content (AvgIpc) is 2.45. The van der Waals surface area contributed by atoms with Crippen LogP contribution in [0, 0.1) is 0 Å². The maximum absolute atomic E-state index is 12.3. The van der Waals surface area contributed by atoms with E-state index in [9.17, 15) is 19.2 Å². The van der Waals surface area contributed by atoms with Crippen molar-refractivity contribution in [2.24, 2.45) is 0 Å². The van der Waals surface area contributed by atoms with Crippen molar-refractivity contribution < 1.29 is 19.2 Å². The van der Waals surface area contributed by atoms with E-state index in [-0.39, 0.29) is 13.1 Å². The summed E-state index contributed by atoms with van der Waals surface area (Å²) >= 11 is 16.6. The summed E-state index contributed by atoms with van der Waals surface area (Å²) in [6, 6.07) is 4.72. The van der Waals surface area contributed by atoms with Crippen LogP contribution in [0.2, 0.25) is 10.0 Å². The molecule has 9 heteroatoms. The molecular weight excluding hydrogens is 358 g/mol. The van der Waals surface area contributed by atoms with Crippen molar-refractivity contribution in [1.82, 2.24) is 10.4 Å². The summed E-state index contributed by atoms with van der Waals surface area (Å²) in [5, 5.41) is 12.7. The van der Waals surface area contributed by atoms with Crippen molar-refractivity contribution in [1.29, 1.82) is 0 Å². The Hall–Kier alpha value is -1.34. The third-order valence-corrected chi connectivity index (χ3v) is 3.20. The average molecular weight is 370 g/mol. The van der Waals surface area contributed by atoms with E-state index in [1.54, 1.807) is 12.1 Å². The van der Waals surface area contributed by atoms with E-state index in [1.807, 2.05) is 0 Å². The number of benzene rings is 1. The summed E-state index contributed by atoms with van der Waals surface area (Å²) in [4.78, 5) is 22.4. The van der Waals surface area contributed by atoms with E-state index in [0.717, 1.165) is 6.08 Å². The summed E-state index contributed by atoms with van der Waals surface area (Å²) in [6.07, 6.45) is 2.50. The molecule has 0 aliphatic heterocycles. The Kier molecular flexibility index (Phi) is 7.61. The molecule has 0 aliphatic carbocycles. The van der Waals surface area contributed by atoms with E-state index in [0.29, 0.717) is 20.7 Å². The molecule has 0 saturated heterocycles. The number of nitrogens with zero attached hydrogens (tertiary/aromatic N) is 1. The molecule has 0 fully saturated rings. The molecule has 0 heterocycles. The topological polar surface area (TPSA) is 69.6 Å². The zero-order valence-electron chi connectivity index (χ0n) is 11.1. The highest BCUT2D eigenvalue weighted by Gasteiger charge is 2.13. The van der Waals surface area contributed by atoms with E-state index in [4.69, 9.17) is 34.8 Å². The highest BCUT2D eigenvalue weighted by Crippen LogP contribution is 2.21. The normalized spacial score (nSPS) is 12.2. The number of halogens is 4. The summed E-state index contributed by atoms with van der Waals surface area (Å²) < 4.78 is 12.3. The van der Waals surface area contributed by atoms with E-state index < -0.39 is 17.4 Å². The summed E-state index contributed by atoms with van der Waals surface area (Å²) in [7, 11) is 0. The van der Waals surface area contributed by atoms with Gasteiger partial charge in [0, 0.05) is 22.7 Å². The third kappa shape index (κ3) is 6.19. The minimum Gasteiger partial charge on any atom is -0.351 e. The molecule has 5 nitrogen and oxygen atoms in total. The molecule has 0 aliphatic rings. The van der Waals surface area contributed by atoms with Crippen molar-refractivity contribution >= 4 is 52.7 Å². The summed E-state index contributed by atoms with van der Waals surface area (Å²) in [6.45, 7) is -0.378. The maximum atomic E-state index is 12.3. The molecule has 2 N–H and O–H groups in total. The fraction of sp³-hybridized carbons (Fsp3) is 0.231. The van der Waals surface area contributed by atoms with Crippen molar-refractivity contribution in [2.75, 3.05) is 13.1 Å². The molecule has 0 saturated carbocycles. The number of hydroxylamine groups is 2. The maximum Gasteiger partial charge on any atom is 0.270 e. The molecule has 1 atom stereocenters. The van der Waals surface area contributed by atoms with Gasteiger partial charge in [0.2, 0.25) is 0 Å². The van der Waals surface area contributed by atoms with Gasteiger partial charge in [-0.05, 0) is 23.8 Å². The van der Waals surface area contributed by atoms with Gasteiger partial charge in [-0.1, -0.05) is 40.9 Å². The molecule has 0 radical (unpaired) electrons. The van der Waals surface area contributed by atoms with Gasteiger partial charge in [0.1, 0.15) is 0 Å². The molecule has 0 aromatic heterocycles. The Labute approximate surface area is 141 Å². The fourth-order valence-electron chi connectivity index (χ4n) is 1.36. The Balaban J connectivity index is 2.50. The van der Waals surface area contributed by atoms with Crippen LogP contribution in [0.25, 0.3) is 6.08 Å². The Bertz CT molecular complexity index is 582. The van der Waals surface area contributed by atoms with Crippen molar-refractivity contribution in [3.63, 3.8) is 0 Å². The number of amides is 2. The van der Waals surface area contributed by atoms with Crippen LogP contribution in [-0.4, -0.2) is 40.8 Å². The van der Waals surface area contributed by atoms with Gasteiger partial charge in [0.15, 0.2) is 0 Å². The minimum absolute atomic E-state index is 0.149. The second-order valence-corrected chi connectivity index (χ2v) is 5.28. The first kappa shape index (κ1) is 18.7. The standard InChI is InChI=1S/C13H12Cl3FN2O3/c14-9-3-1-8(10(15)7-9)2-4-11(20)19(22)6-5-18-13(21)12(16)17/h1-4,7,12,22H,5-6H2,(H,18,21)/b4-2+. The summed E-state index contributed by atoms with van der Waals surface area (Å²) in [5.74, 6) is -1.77. The van der Waals surface area contributed by atoms with Gasteiger partial charge in [-0.3, -0.25) is 14.8 Å². The molecule has 2 amide bonds. The van der Waals surface area contributed by atoms with Crippen LogP contribution in [0.1, 0.15) is 5.56 Å². The Morgan fingerprint density at radius 3 is 2.68 bits per heavy atom. The molecule has 22 heavy (non-hydrogen) atoms. The summed E-state index contributed by atoms with van der Waals surface area (Å²) in [5.41, 5.74) is -1.63. The number of carbonyl (C=O) groups is 2. The van der Waals surface area contributed by atoms with Gasteiger partial charge < -0.3 is 5.32 Å². The van der Waals surface area contributed by atoms with E-state index >= 15 is 0 Å². The lowest BCUT2D eigenvalue weighted by Crippen LogP contribution is -2.37. The predicted molar refractivity (Wildman–Crippen MR) is 82.8 cm³/mol. The Morgan fingerprint density at radius 2 is 2.09 bits per heavy atom. The molecule has 120 valence electrons. The first-order valence-corrected chi connectivity index (χ1v) is 7.20. The zero-order chi connectivity index (χ0) is 16.7. The predicted octanol–water partition coefficient (Wildman–Crippen LogP) is 2.88. The second-order valence-electron chi connectivity index (χ2n) is 4.05. The lowest BCUT2D eigenvalue weighted by atomic mass is 10.2. The van der Waals surface area contributed by atoms with E-state index in [1.165, 1.54) is 12.1 Å². The SMILES string of the molecule is O=C(NCCN(O)C(=O)/C=C/c1ccc(Cl)cc1Cl)C(F)Cl. The van der Waals surface area contributed by atoms with Crippen LogP contribution in [-0.2, 0) is 9.59 Å². The molecule has 1 aromatic carbocycles. The van der Waals surface area contributed by atoms with Gasteiger partial charge in [-0.2, -0.15) is 0 Å². The number of nitrogens with one attached hydrogen (secondary N) is 1. The van der Waals surface area contributed by atoms with Gasteiger partial charge >= 0.3 is 0 Å². The highest BCUT2D eigenvalue weighted by molar-refractivity contribution is 6.35. The molecule has 0 bridgehead atoms. The quantitative estimate of drug-likeness (QED) is 0.351. The number of carbonyl (C=O) groups excluding carboxylic acids is 2. The van der Waals surface area contributed by atoms with Gasteiger partial charge in [-0.25, -0.2) is 9.45 Å². The number of alkyl halides is 2. The fourth-order valence-corrected chi connectivity index (χ4v) is 1.90. The smallest absolute Gasteiger partial charge is 0.270 e. The van der Waals surface area contributed by atoms with Crippen LogP contribution < -0.4 is 5.32 Å². The molecular formula is C13H12Cl3FN2O3.